The van der Waals surface area contributed by atoms with E-state index in [1.54, 1.807) is 24.7 Å². The van der Waals surface area contributed by atoms with Crippen molar-refractivity contribution in [1.29, 1.82) is 0 Å². The molecule has 3 aromatic rings. The van der Waals surface area contributed by atoms with Crippen LogP contribution in [0.2, 0.25) is 0 Å². The second-order valence-electron chi connectivity index (χ2n) is 8.55. The molecule has 2 aliphatic rings. The average molecular weight is 394 g/mol. The number of nitrogens with zero attached hydrogens (tertiary/aromatic N) is 4. The molecule has 8 heteroatoms. The first kappa shape index (κ1) is 18.0. The molecule has 1 aliphatic carbocycles. The van der Waals surface area contributed by atoms with Crippen molar-refractivity contribution in [3.05, 3.63) is 24.5 Å². The summed E-state index contributed by atoms with van der Waals surface area (Å²) in [6, 6.07) is 4.17. The largest absolute Gasteiger partial charge is 0.491 e. The van der Waals surface area contributed by atoms with Gasteiger partial charge in [-0.15, -0.1) is 0 Å². The summed E-state index contributed by atoms with van der Waals surface area (Å²) in [7, 11) is 0. The smallest absolute Gasteiger partial charge is 0.244 e. The van der Waals surface area contributed by atoms with Crippen molar-refractivity contribution >= 4 is 22.6 Å². The number of rotatable bonds is 6. The van der Waals surface area contributed by atoms with Crippen molar-refractivity contribution in [3.8, 4) is 17.1 Å². The summed E-state index contributed by atoms with van der Waals surface area (Å²) in [6.07, 6.45) is 7.10. The fourth-order valence-corrected chi connectivity index (χ4v) is 3.73. The van der Waals surface area contributed by atoms with E-state index in [1.165, 1.54) is 12.8 Å². The van der Waals surface area contributed by atoms with Crippen LogP contribution in [0.25, 0.3) is 22.4 Å². The molecular formula is C21H26N6O2. The van der Waals surface area contributed by atoms with E-state index < -0.39 is 11.4 Å². The highest BCUT2D eigenvalue weighted by Crippen LogP contribution is 2.37. The lowest BCUT2D eigenvalue weighted by molar-refractivity contribution is -0.125. The molecule has 1 fully saturated rings. The molecule has 152 valence electrons. The second-order valence-corrected chi connectivity index (χ2v) is 8.55. The highest BCUT2D eigenvalue weighted by atomic mass is 16.5. The Balaban J connectivity index is 1.58. The van der Waals surface area contributed by atoms with E-state index in [4.69, 9.17) is 15.5 Å². The summed E-state index contributed by atoms with van der Waals surface area (Å²) in [6.45, 7) is 6.00. The second kappa shape index (κ2) is 6.50. The minimum atomic E-state index is -0.906. The Morgan fingerprint density at radius 3 is 2.97 bits per heavy atom. The van der Waals surface area contributed by atoms with Crippen molar-refractivity contribution in [2.24, 2.45) is 11.7 Å². The first-order valence-electron chi connectivity index (χ1n) is 10.2. The maximum absolute atomic E-state index is 11.8. The number of primary amides is 1. The summed E-state index contributed by atoms with van der Waals surface area (Å²) in [5.41, 5.74) is 8.45. The fraction of sp³-hybridized carbons (Fsp3) is 0.476. The zero-order chi connectivity index (χ0) is 20.2. The van der Waals surface area contributed by atoms with Crippen molar-refractivity contribution in [2.75, 3.05) is 18.5 Å². The summed E-state index contributed by atoms with van der Waals surface area (Å²) in [4.78, 5) is 16.7. The quantitative estimate of drug-likeness (QED) is 0.670. The lowest BCUT2D eigenvalue weighted by Crippen LogP contribution is -2.41. The minimum Gasteiger partial charge on any atom is -0.491 e. The molecule has 0 radical (unpaired) electrons. The molecule has 29 heavy (non-hydrogen) atoms. The number of aryl methyl sites for hydroxylation is 1. The van der Waals surface area contributed by atoms with Gasteiger partial charge in [-0.25, -0.2) is 4.98 Å². The van der Waals surface area contributed by atoms with E-state index in [0.29, 0.717) is 6.61 Å². The van der Waals surface area contributed by atoms with Crippen LogP contribution in [0.5, 0.6) is 5.75 Å². The maximum Gasteiger partial charge on any atom is 0.244 e. The van der Waals surface area contributed by atoms with E-state index in [1.807, 2.05) is 6.20 Å². The van der Waals surface area contributed by atoms with Gasteiger partial charge >= 0.3 is 0 Å². The Kier molecular flexibility index (Phi) is 4.04. The topological polar surface area (TPSA) is 100.0 Å². The number of carbonyl (C=O) groups is 1. The number of nitrogens with one attached hydrogen (secondary N) is 1. The van der Waals surface area contributed by atoms with Gasteiger partial charge in [0, 0.05) is 31.0 Å². The van der Waals surface area contributed by atoms with Gasteiger partial charge in [-0.3, -0.25) is 9.48 Å². The van der Waals surface area contributed by atoms with Crippen LogP contribution in [-0.2, 0) is 16.9 Å². The normalized spacial score (nSPS) is 16.5. The number of hydrogen-bond donors (Lipinski definition) is 2. The van der Waals surface area contributed by atoms with Crippen molar-refractivity contribution in [2.45, 2.75) is 45.2 Å². The number of carbonyl (C=O) groups excluding carboxylic acids is 1. The van der Waals surface area contributed by atoms with E-state index in [9.17, 15) is 4.79 Å². The predicted molar refractivity (Wildman–Crippen MR) is 111 cm³/mol. The predicted octanol–water partition coefficient (Wildman–Crippen LogP) is 2.72. The Bertz CT molecular complexity index is 1090. The zero-order valence-electron chi connectivity index (χ0n) is 16.8. The monoisotopic (exact) mass is 394 g/mol. The number of benzene rings is 1. The molecule has 1 aliphatic heterocycles. The summed E-state index contributed by atoms with van der Waals surface area (Å²) in [5.74, 6) is 2.05. The minimum absolute atomic E-state index is 0.430. The maximum atomic E-state index is 11.8. The van der Waals surface area contributed by atoms with Crippen LogP contribution in [0.15, 0.2) is 24.5 Å². The molecule has 5 rings (SSSR count). The van der Waals surface area contributed by atoms with Crippen LogP contribution in [0.1, 0.15) is 33.1 Å². The van der Waals surface area contributed by atoms with Gasteiger partial charge in [-0.2, -0.15) is 5.10 Å². The van der Waals surface area contributed by atoms with Gasteiger partial charge in [0.05, 0.1) is 23.9 Å². The van der Waals surface area contributed by atoms with Gasteiger partial charge in [0.15, 0.2) is 0 Å². The number of imidazole rings is 1. The standard InChI is InChI=1S/C21H26N6O2/c1-21(2,20(22)28)27-12-14(11-24-27)19-25-16-8-15(23-10-13-4-5-13)9-17-18(16)26(19)6-3-7-29-17/h8-9,11-13,23H,3-7,10H2,1-2H3,(H2,22,28). The SMILES string of the molecule is CC(C)(C(N)=O)n1cc(-c2nc3cc(NCC4CC4)cc4c3n2CCCO4)cn1. The van der Waals surface area contributed by atoms with Crippen LogP contribution in [-0.4, -0.2) is 38.4 Å². The molecular weight excluding hydrogens is 368 g/mol. The number of nitrogens with two attached hydrogens (primary N) is 1. The zero-order valence-corrected chi connectivity index (χ0v) is 16.8. The molecule has 0 unspecified atom stereocenters. The van der Waals surface area contributed by atoms with Gasteiger partial charge in [0.1, 0.15) is 22.6 Å². The van der Waals surface area contributed by atoms with E-state index >= 15 is 0 Å². The van der Waals surface area contributed by atoms with E-state index in [2.05, 4.69) is 27.1 Å². The molecule has 0 saturated heterocycles. The number of hydrogen-bond acceptors (Lipinski definition) is 5. The highest BCUT2D eigenvalue weighted by molar-refractivity contribution is 5.89. The van der Waals surface area contributed by atoms with Crippen molar-refractivity contribution < 1.29 is 9.53 Å². The molecule has 1 saturated carbocycles. The van der Waals surface area contributed by atoms with Crippen LogP contribution >= 0.6 is 0 Å². The number of amides is 1. The van der Waals surface area contributed by atoms with Crippen molar-refractivity contribution in [3.63, 3.8) is 0 Å². The van der Waals surface area contributed by atoms with Crippen LogP contribution in [0.3, 0.4) is 0 Å². The van der Waals surface area contributed by atoms with Crippen molar-refractivity contribution in [1.82, 2.24) is 19.3 Å². The first-order chi connectivity index (χ1) is 13.9. The molecule has 0 bridgehead atoms. The lowest BCUT2D eigenvalue weighted by Gasteiger charge is -2.20. The molecule has 0 spiro atoms. The Labute approximate surface area is 169 Å². The third kappa shape index (κ3) is 3.12. The Morgan fingerprint density at radius 2 is 2.21 bits per heavy atom. The van der Waals surface area contributed by atoms with Crippen LogP contribution < -0.4 is 15.8 Å². The summed E-state index contributed by atoms with van der Waals surface area (Å²) in [5, 5.41) is 7.91. The van der Waals surface area contributed by atoms with E-state index in [-0.39, 0.29) is 0 Å². The van der Waals surface area contributed by atoms with Gasteiger partial charge in [0.25, 0.3) is 0 Å². The third-order valence-corrected chi connectivity index (χ3v) is 5.90. The Hall–Kier alpha value is -3.03. The molecule has 8 nitrogen and oxygen atoms in total. The summed E-state index contributed by atoms with van der Waals surface area (Å²) < 4.78 is 9.84. The van der Waals surface area contributed by atoms with E-state index in [0.717, 1.165) is 59.3 Å². The van der Waals surface area contributed by atoms with Gasteiger partial charge < -0.3 is 20.4 Å². The van der Waals surface area contributed by atoms with Gasteiger partial charge in [0.2, 0.25) is 5.91 Å². The average Bonchev–Trinajstić information content (AvgIpc) is 3.31. The van der Waals surface area contributed by atoms with Gasteiger partial charge in [-0.1, -0.05) is 0 Å². The molecule has 0 atom stereocenters. The molecule has 1 amide bonds. The van der Waals surface area contributed by atoms with Crippen LogP contribution in [0.4, 0.5) is 5.69 Å². The Morgan fingerprint density at radius 1 is 1.38 bits per heavy atom. The lowest BCUT2D eigenvalue weighted by atomic mass is 10.1. The third-order valence-electron chi connectivity index (χ3n) is 5.90. The number of anilines is 1. The molecule has 1 aromatic carbocycles. The van der Waals surface area contributed by atoms with Crippen LogP contribution in [0, 0.1) is 5.92 Å². The molecule has 2 aromatic heterocycles. The summed E-state index contributed by atoms with van der Waals surface area (Å²) >= 11 is 0. The highest BCUT2D eigenvalue weighted by Gasteiger charge is 2.29. The number of aromatic nitrogens is 4. The van der Waals surface area contributed by atoms with Gasteiger partial charge in [-0.05, 0) is 45.1 Å². The molecule has 3 heterocycles. The number of ether oxygens (including phenoxy) is 1. The molecule has 3 N–H and O–H groups in total. The first-order valence-corrected chi connectivity index (χ1v) is 10.2. The fourth-order valence-electron chi connectivity index (χ4n) is 3.73.